The Labute approximate surface area is 69.5 Å². The van der Waals surface area contributed by atoms with Crippen LogP contribution in [0.4, 0.5) is 5.95 Å². The Bertz CT molecular complexity index is 349. The van der Waals surface area contributed by atoms with Gasteiger partial charge in [0.25, 0.3) is 0 Å². The highest BCUT2D eigenvalue weighted by Gasteiger charge is 1.97. The van der Waals surface area contributed by atoms with Gasteiger partial charge in [0.2, 0.25) is 5.95 Å². The lowest BCUT2D eigenvalue weighted by Crippen LogP contribution is -1.93. The number of nitrogens with two attached hydrogens (primary N) is 1. The van der Waals surface area contributed by atoms with Crippen molar-refractivity contribution in [1.82, 2.24) is 15.0 Å². The average molecular weight is 160 g/mol. The van der Waals surface area contributed by atoms with Gasteiger partial charge in [-0.2, -0.15) is 0 Å². The van der Waals surface area contributed by atoms with Gasteiger partial charge in [-0.1, -0.05) is 0 Å². The topological polar surface area (TPSA) is 67.6 Å². The number of rotatable bonds is 1. The second-order valence-corrected chi connectivity index (χ2v) is 2.41. The van der Waals surface area contributed by atoms with Crippen molar-refractivity contribution in [3.05, 3.63) is 30.7 Å². The van der Waals surface area contributed by atoms with Gasteiger partial charge in [-0.3, -0.25) is 0 Å². The maximum atomic E-state index is 5.35. The molecule has 0 amide bonds. The molecule has 0 unspecified atom stereocenters. The van der Waals surface area contributed by atoms with E-state index in [1.54, 1.807) is 12.4 Å². The molecule has 3 N–H and O–H groups in total. The molecule has 0 saturated carbocycles. The molecule has 4 nitrogen and oxygen atoms in total. The van der Waals surface area contributed by atoms with Gasteiger partial charge in [0.1, 0.15) is 0 Å². The fraction of sp³-hybridized carbons (Fsp3) is 0. The van der Waals surface area contributed by atoms with Crippen LogP contribution >= 0.6 is 0 Å². The molecule has 0 saturated heterocycles. The summed E-state index contributed by atoms with van der Waals surface area (Å²) in [5, 5.41) is 0. The molecule has 2 rings (SSSR count). The van der Waals surface area contributed by atoms with E-state index < -0.39 is 0 Å². The summed E-state index contributed by atoms with van der Waals surface area (Å²) in [6, 6.07) is 3.88. The number of H-pyrrole nitrogens is 1. The Hall–Kier alpha value is -1.84. The van der Waals surface area contributed by atoms with Crippen LogP contribution in [0.15, 0.2) is 30.7 Å². The zero-order valence-corrected chi connectivity index (χ0v) is 6.36. The highest BCUT2D eigenvalue weighted by atomic mass is 15.0. The summed E-state index contributed by atoms with van der Waals surface area (Å²) < 4.78 is 0. The molecule has 0 aliphatic rings. The third kappa shape index (κ3) is 1.14. The molecule has 2 aromatic heterocycles. The van der Waals surface area contributed by atoms with Crippen molar-refractivity contribution in [2.45, 2.75) is 0 Å². The molecule has 2 aromatic rings. The SMILES string of the molecule is Nc1ncc(-c2ccc[nH]2)cn1. The Morgan fingerprint density at radius 1 is 1.25 bits per heavy atom. The smallest absolute Gasteiger partial charge is 0.219 e. The van der Waals surface area contributed by atoms with Crippen molar-refractivity contribution >= 4 is 5.95 Å². The highest BCUT2D eigenvalue weighted by molar-refractivity contribution is 5.57. The van der Waals surface area contributed by atoms with Crippen LogP contribution < -0.4 is 5.73 Å². The third-order valence-corrected chi connectivity index (χ3v) is 1.58. The van der Waals surface area contributed by atoms with Crippen LogP contribution in [0.25, 0.3) is 11.3 Å². The zero-order chi connectivity index (χ0) is 8.39. The second kappa shape index (κ2) is 2.65. The van der Waals surface area contributed by atoms with E-state index in [-0.39, 0.29) is 0 Å². The van der Waals surface area contributed by atoms with Gasteiger partial charge in [0.15, 0.2) is 0 Å². The van der Waals surface area contributed by atoms with Crippen molar-refractivity contribution < 1.29 is 0 Å². The molecular weight excluding hydrogens is 152 g/mol. The standard InChI is InChI=1S/C8H8N4/c9-8-11-4-6(5-12-8)7-2-1-3-10-7/h1-5,10H,(H2,9,11,12). The molecule has 0 aliphatic carbocycles. The normalized spacial score (nSPS) is 10.0. The first-order valence-electron chi connectivity index (χ1n) is 3.57. The monoisotopic (exact) mass is 160 g/mol. The van der Waals surface area contributed by atoms with Crippen molar-refractivity contribution in [2.24, 2.45) is 0 Å². The van der Waals surface area contributed by atoms with Crippen LogP contribution in [-0.2, 0) is 0 Å². The fourth-order valence-corrected chi connectivity index (χ4v) is 0.987. The summed E-state index contributed by atoms with van der Waals surface area (Å²) in [7, 11) is 0. The molecule has 0 aromatic carbocycles. The molecule has 60 valence electrons. The first kappa shape index (κ1) is 6.84. The lowest BCUT2D eigenvalue weighted by molar-refractivity contribution is 1.18. The lowest BCUT2D eigenvalue weighted by Gasteiger charge is -1.95. The van der Waals surface area contributed by atoms with E-state index in [1.165, 1.54) is 0 Å². The predicted octanol–water partition coefficient (Wildman–Crippen LogP) is 1.05. The number of aromatic nitrogens is 3. The van der Waals surface area contributed by atoms with Gasteiger partial charge in [0.05, 0.1) is 0 Å². The number of aromatic amines is 1. The number of hydrogen-bond acceptors (Lipinski definition) is 3. The number of nitrogens with zero attached hydrogens (tertiary/aromatic N) is 2. The molecule has 2 heterocycles. The maximum Gasteiger partial charge on any atom is 0.219 e. The first-order chi connectivity index (χ1) is 5.86. The van der Waals surface area contributed by atoms with E-state index in [1.807, 2.05) is 18.3 Å². The minimum atomic E-state index is 0.297. The number of hydrogen-bond donors (Lipinski definition) is 2. The Morgan fingerprint density at radius 3 is 2.58 bits per heavy atom. The van der Waals surface area contributed by atoms with E-state index in [9.17, 15) is 0 Å². The summed E-state index contributed by atoms with van der Waals surface area (Å²) in [6.07, 6.45) is 5.23. The average Bonchev–Trinajstić information content (AvgIpc) is 2.58. The minimum absolute atomic E-state index is 0.297. The van der Waals surface area contributed by atoms with Crippen molar-refractivity contribution in [3.8, 4) is 11.3 Å². The number of nitrogens with one attached hydrogen (secondary N) is 1. The van der Waals surface area contributed by atoms with E-state index in [0.717, 1.165) is 11.3 Å². The molecule has 0 aliphatic heterocycles. The van der Waals surface area contributed by atoms with E-state index in [2.05, 4.69) is 15.0 Å². The summed E-state index contributed by atoms with van der Waals surface area (Å²) in [6.45, 7) is 0. The van der Waals surface area contributed by atoms with Gasteiger partial charge in [-0.25, -0.2) is 9.97 Å². The van der Waals surface area contributed by atoms with Crippen LogP contribution in [0.5, 0.6) is 0 Å². The Kier molecular flexibility index (Phi) is 1.51. The molecule has 12 heavy (non-hydrogen) atoms. The van der Waals surface area contributed by atoms with Crippen LogP contribution in [0.2, 0.25) is 0 Å². The first-order valence-corrected chi connectivity index (χ1v) is 3.57. The molecule has 0 spiro atoms. The molecule has 0 radical (unpaired) electrons. The van der Waals surface area contributed by atoms with Crippen molar-refractivity contribution in [3.63, 3.8) is 0 Å². The van der Waals surface area contributed by atoms with Crippen LogP contribution in [0.1, 0.15) is 0 Å². The van der Waals surface area contributed by atoms with Crippen molar-refractivity contribution in [1.29, 1.82) is 0 Å². The predicted molar refractivity (Wildman–Crippen MR) is 46.2 cm³/mol. The highest BCUT2D eigenvalue weighted by Crippen LogP contribution is 2.13. The van der Waals surface area contributed by atoms with E-state index in [0.29, 0.717) is 5.95 Å². The molecule has 0 fully saturated rings. The largest absolute Gasteiger partial charge is 0.368 e. The van der Waals surface area contributed by atoms with Gasteiger partial charge in [-0.15, -0.1) is 0 Å². The Balaban J connectivity index is 2.43. The van der Waals surface area contributed by atoms with Gasteiger partial charge in [0, 0.05) is 29.8 Å². The quantitative estimate of drug-likeness (QED) is 0.655. The number of nitrogen functional groups attached to an aromatic ring is 1. The van der Waals surface area contributed by atoms with Gasteiger partial charge < -0.3 is 10.7 Å². The maximum absolute atomic E-state index is 5.35. The van der Waals surface area contributed by atoms with Crippen molar-refractivity contribution in [2.75, 3.05) is 5.73 Å². The number of anilines is 1. The minimum Gasteiger partial charge on any atom is -0.368 e. The Morgan fingerprint density at radius 2 is 2.00 bits per heavy atom. The van der Waals surface area contributed by atoms with E-state index >= 15 is 0 Å². The van der Waals surface area contributed by atoms with E-state index in [4.69, 9.17) is 5.73 Å². The summed E-state index contributed by atoms with van der Waals surface area (Å²) in [5.41, 5.74) is 7.28. The van der Waals surface area contributed by atoms with Crippen LogP contribution in [0.3, 0.4) is 0 Å². The summed E-state index contributed by atoms with van der Waals surface area (Å²) >= 11 is 0. The molecule has 0 atom stereocenters. The molecule has 0 bridgehead atoms. The van der Waals surface area contributed by atoms with Gasteiger partial charge >= 0.3 is 0 Å². The van der Waals surface area contributed by atoms with Crippen LogP contribution in [-0.4, -0.2) is 15.0 Å². The van der Waals surface area contributed by atoms with Gasteiger partial charge in [-0.05, 0) is 12.1 Å². The van der Waals surface area contributed by atoms with Crippen LogP contribution in [0, 0.1) is 0 Å². The lowest BCUT2D eigenvalue weighted by atomic mass is 10.2. The second-order valence-electron chi connectivity index (χ2n) is 2.41. The fourth-order valence-electron chi connectivity index (χ4n) is 0.987. The summed E-state index contributed by atoms with van der Waals surface area (Å²) in [4.78, 5) is 10.8. The third-order valence-electron chi connectivity index (χ3n) is 1.58. The summed E-state index contributed by atoms with van der Waals surface area (Å²) in [5.74, 6) is 0.297. The molecule has 4 heteroatoms. The molecular formula is C8H8N4. The zero-order valence-electron chi connectivity index (χ0n) is 6.36.